The number of amides is 2. The minimum Gasteiger partial charge on any atom is -0.327 e. The molecule has 1 aromatic rings. The maximum absolute atomic E-state index is 14.2. The zero-order valence-corrected chi connectivity index (χ0v) is 14.3. The molecule has 7 heteroatoms. The number of nitrogens with zero attached hydrogens (tertiary/aromatic N) is 1. The SMILES string of the molecule is Cl.N[C@@H]1CCC[C@H]1CC(=O)Nc1ccc(N2CCCC2=O)c(F)c1. The van der Waals surface area contributed by atoms with Gasteiger partial charge in [0.2, 0.25) is 11.8 Å². The van der Waals surface area contributed by atoms with Gasteiger partial charge in [0.25, 0.3) is 0 Å². The van der Waals surface area contributed by atoms with E-state index in [0.717, 1.165) is 25.7 Å². The Labute approximate surface area is 147 Å². The predicted molar refractivity (Wildman–Crippen MR) is 93.8 cm³/mol. The van der Waals surface area contributed by atoms with E-state index in [4.69, 9.17) is 5.73 Å². The Kier molecular flexibility index (Phi) is 6.18. The van der Waals surface area contributed by atoms with Crippen molar-refractivity contribution in [3.05, 3.63) is 24.0 Å². The van der Waals surface area contributed by atoms with Gasteiger partial charge in [-0.3, -0.25) is 9.59 Å². The van der Waals surface area contributed by atoms with Crippen molar-refractivity contribution in [1.82, 2.24) is 0 Å². The van der Waals surface area contributed by atoms with Crippen LogP contribution in [0, 0.1) is 11.7 Å². The molecule has 2 atom stereocenters. The molecule has 0 radical (unpaired) electrons. The van der Waals surface area contributed by atoms with Gasteiger partial charge in [-0.05, 0) is 43.4 Å². The molecule has 2 fully saturated rings. The normalized spacial score (nSPS) is 23.2. The minimum absolute atomic E-state index is 0. The van der Waals surface area contributed by atoms with Crippen molar-refractivity contribution < 1.29 is 14.0 Å². The third kappa shape index (κ3) is 4.05. The summed E-state index contributed by atoms with van der Waals surface area (Å²) in [5.41, 5.74) is 6.66. The summed E-state index contributed by atoms with van der Waals surface area (Å²) in [5, 5.41) is 2.72. The molecule has 1 aliphatic heterocycles. The number of halogens is 2. The van der Waals surface area contributed by atoms with Crippen LogP contribution in [0.1, 0.15) is 38.5 Å². The van der Waals surface area contributed by atoms with Crippen LogP contribution < -0.4 is 16.0 Å². The summed E-state index contributed by atoms with van der Waals surface area (Å²) in [6, 6.07) is 4.54. The largest absolute Gasteiger partial charge is 0.327 e. The van der Waals surface area contributed by atoms with Crippen LogP contribution >= 0.6 is 12.4 Å². The number of anilines is 2. The molecule has 24 heavy (non-hydrogen) atoms. The van der Waals surface area contributed by atoms with Crippen molar-refractivity contribution in [1.29, 1.82) is 0 Å². The molecule has 0 spiro atoms. The van der Waals surface area contributed by atoms with Crippen molar-refractivity contribution in [3.8, 4) is 0 Å². The zero-order chi connectivity index (χ0) is 16.4. The summed E-state index contributed by atoms with van der Waals surface area (Å²) in [5.74, 6) is -0.482. The number of nitrogens with one attached hydrogen (secondary N) is 1. The van der Waals surface area contributed by atoms with Crippen LogP contribution in [0.25, 0.3) is 0 Å². The highest BCUT2D eigenvalue weighted by molar-refractivity contribution is 5.96. The number of benzene rings is 1. The molecular weight excluding hydrogens is 333 g/mol. The van der Waals surface area contributed by atoms with E-state index in [0.29, 0.717) is 25.1 Å². The molecule has 3 N–H and O–H groups in total. The van der Waals surface area contributed by atoms with E-state index < -0.39 is 5.82 Å². The molecule has 3 rings (SSSR count). The number of hydrogen-bond donors (Lipinski definition) is 2. The lowest BCUT2D eigenvalue weighted by molar-refractivity contribution is -0.117. The van der Waals surface area contributed by atoms with Gasteiger partial charge >= 0.3 is 0 Å². The lowest BCUT2D eigenvalue weighted by Crippen LogP contribution is -2.28. The van der Waals surface area contributed by atoms with Gasteiger partial charge in [0.1, 0.15) is 5.82 Å². The van der Waals surface area contributed by atoms with Crippen LogP contribution in [0.15, 0.2) is 18.2 Å². The molecule has 2 aliphatic rings. The summed E-state index contributed by atoms with van der Waals surface area (Å²) in [6.45, 7) is 0.543. The molecule has 1 saturated heterocycles. The highest BCUT2D eigenvalue weighted by Crippen LogP contribution is 2.29. The van der Waals surface area contributed by atoms with Crippen LogP contribution in [0.2, 0.25) is 0 Å². The number of nitrogens with two attached hydrogens (primary N) is 1. The van der Waals surface area contributed by atoms with E-state index >= 15 is 0 Å². The molecule has 1 saturated carbocycles. The first-order valence-corrected chi connectivity index (χ1v) is 8.20. The highest BCUT2D eigenvalue weighted by atomic mass is 35.5. The summed E-state index contributed by atoms with van der Waals surface area (Å²) in [6.07, 6.45) is 4.57. The van der Waals surface area contributed by atoms with Gasteiger partial charge in [0, 0.05) is 31.1 Å². The van der Waals surface area contributed by atoms with Gasteiger partial charge in [-0.1, -0.05) is 6.42 Å². The highest BCUT2D eigenvalue weighted by Gasteiger charge is 2.27. The second-order valence-corrected chi connectivity index (χ2v) is 6.42. The third-order valence-electron chi connectivity index (χ3n) is 4.76. The number of carbonyl (C=O) groups is 2. The van der Waals surface area contributed by atoms with Gasteiger partial charge < -0.3 is 16.0 Å². The summed E-state index contributed by atoms with van der Waals surface area (Å²) < 4.78 is 14.2. The van der Waals surface area contributed by atoms with Crippen LogP contribution in [0.3, 0.4) is 0 Å². The second-order valence-electron chi connectivity index (χ2n) is 6.42. The summed E-state index contributed by atoms with van der Waals surface area (Å²) >= 11 is 0. The monoisotopic (exact) mass is 355 g/mol. The molecule has 1 aliphatic carbocycles. The smallest absolute Gasteiger partial charge is 0.227 e. The van der Waals surface area contributed by atoms with Crippen molar-refractivity contribution in [2.75, 3.05) is 16.8 Å². The van der Waals surface area contributed by atoms with E-state index in [9.17, 15) is 14.0 Å². The third-order valence-corrected chi connectivity index (χ3v) is 4.76. The Morgan fingerprint density at radius 1 is 1.33 bits per heavy atom. The maximum atomic E-state index is 14.2. The Morgan fingerprint density at radius 3 is 2.71 bits per heavy atom. The molecule has 132 valence electrons. The van der Waals surface area contributed by atoms with E-state index in [-0.39, 0.29) is 41.9 Å². The van der Waals surface area contributed by atoms with Crippen molar-refractivity contribution in [2.45, 2.75) is 44.6 Å². The van der Waals surface area contributed by atoms with Crippen LogP contribution in [0.4, 0.5) is 15.8 Å². The number of rotatable bonds is 4. The number of hydrogen-bond acceptors (Lipinski definition) is 3. The fourth-order valence-corrected chi connectivity index (χ4v) is 3.48. The first kappa shape index (κ1) is 18.7. The first-order valence-electron chi connectivity index (χ1n) is 8.20. The zero-order valence-electron chi connectivity index (χ0n) is 13.5. The lowest BCUT2D eigenvalue weighted by Gasteiger charge is -2.18. The fourth-order valence-electron chi connectivity index (χ4n) is 3.48. The standard InChI is InChI=1S/C17H22FN3O2.ClH/c18-13-10-12(6-7-15(13)21-8-2-5-17(21)23)20-16(22)9-11-3-1-4-14(11)19;/h6-7,10-11,14H,1-5,8-9,19H2,(H,20,22);1H/t11-,14+;/m0./s1. The molecular formula is C17H23ClFN3O2. The van der Waals surface area contributed by atoms with Crippen LogP contribution in [-0.2, 0) is 9.59 Å². The van der Waals surface area contributed by atoms with E-state index in [1.807, 2.05) is 0 Å². The average Bonchev–Trinajstić information content (AvgIpc) is 3.09. The van der Waals surface area contributed by atoms with E-state index in [1.54, 1.807) is 12.1 Å². The summed E-state index contributed by atoms with van der Waals surface area (Å²) in [7, 11) is 0. The quantitative estimate of drug-likeness (QED) is 0.872. The fraction of sp³-hybridized carbons (Fsp3) is 0.529. The average molecular weight is 356 g/mol. The van der Waals surface area contributed by atoms with E-state index in [2.05, 4.69) is 5.32 Å². The molecule has 1 aromatic carbocycles. The van der Waals surface area contributed by atoms with Gasteiger partial charge in [-0.2, -0.15) is 0 Å². The van der Waals surface area contributed by atoms with Gasteiger partial charge in [-0.15, -0.1) is 12.4 Å². The van der Waals surface area contributed by atoms with Crippen molar-refractivity contribution in [3.63, 3.8) is 0 Å². The van der Waals surface area contributed by atoms with Crippen LogP contribution in [-0.4, -0.2) is 24.4 Å². The Morgan fingerprint density at radius 2 is 2.12 bits per heavy atom. The van der Waals surface area contributed by atoms with Crippen molar-refractivity contribution in [2.24, 2.45) is 11.7 Å². The topological polar surface area (TPSA) is 75.4 Å². The maximum Gasteiger partial charge on any atom is 0.227 e. The molecule has 0 aromatic heterocycles. The molecule has 2 amide bonds. The second kappa shape index (κ2) is 7.94. The van der Waals surface area contributed by atoms with Gasteiger partial charge in [0.15, 0.2) is 0 Å². The molecule has 0 bridgehead atoms. The Hall–Kier alpha value is -1.66. The lowest BCUT2D eigenvalue weighted by atomic mass is 10.00. The Balaban J connectivity index is 0.00000208. The molecule has 1 heterocycles. The van der Waals surface area contributed by atoms with Gasteiger partial charge in [-0.25, -0.2) is 4.39 Å². The molecule has 5 nitrogen and oxygen atoms in total. The van der Waals surface area contributed by atoms with Crippen molar-refractivity contribution >= 4 is 35.6 Å². The van der Waals surface area contributed by atoms with E-state index in [1.165, 1.54) is 11.0 Å². The Bertz CT molecular complexity index is 626. The number of carbonyl (C=O) groups excluding carboxylic acids is 2. The first-order chi connectivity index (χ1) is 11.0. The summed E-state index contributed by atoms with van der Waals surface area (Å²) in [4.78, 5) is 25.2. The van der Waals surface area contributed by atoms with Gasteiger partial charge in [0.05, 0.1) is 5.69 Å². The van der Waals surface area contributed by atoms with Crippen LogP contribution in [0.5, 0.6) is 0 Å². The predicted octanol–water partition coefficient (Wildman–Crippen LogP) is 2.83. The molecule has 0 unspecified atom stereocenters. The minimum atomic E-state index is -0.490.